The highest BCUT2D eigenvalue weighted by molar-refractivity contribution is 5.90. The van der Waals surface area contributed by atoms with Crippen LogP contribution in [0.15, 0.2) is 42.5 Å². The summed E-state index contributed by atoms with van der Waals surface area (Å²) in [4.78, 5) is 10.9. The van der Waals surface area contributed by atoms with E-state index in [-0.39, 0.29) is 5.56 Å². The summed E-state index contributed by atoms with van der Waals surface area (Å²) in [5.74, 6) is -0.455. The van der Waals surface area contributed by atoms with E-state index in [2.05, 4.69) is 43.4 Å². The van der Waals surface area contributed by atoms with E-state index in [0.29, 0.717) is 18.2 Å². The van der Waals surface area contributed by atoms with Crippen molar-refractivity contribution >= 4 is 17.3 Å². The Bertz CT molecular complexity index is 634. The predicted molar refractivity (Wildman–Crippen MR) is 85.7 cm³/mol. The van der Waals surface area contributed by atoms with Crippen molar-refractivity contribution in [2.24, 2.45) is 0 Å². The molecule has 0 atom stereocenters. The van der Waals surface area contributed by atoms with Crippen LogP contribution in [0.5, 0.6) is 0 Å². The number of anilines is 2. The molecule has 0 bridgehead atoms. The zero-order valence-corrected chi connectivity index (χ0v) is 12.3. The number of rotatable bonds is 5. The minimum atomic E-state index is -0.975. The van der Waals surface area contributed by atoms with Crippen LogP contribution >= 0.6 is 0 Å². The fourth-order valence-electron chi connectivity index (χ4n) is 2.07. The molecule has 0 radical (unpaired) electrons. The Balaban J connectivity index is 2.04. The van der Waals surface area contributed by atoms with Crippen molar-refractivity contribution in [3.8, 4) is 0 Å². The van der Waals surface area contributed by atoms with Crippen molar-refractivity contribution in [1.82, 2.24) is 0 Å². The second-order valence-electron chi connectivity index (χ2n) is 5.36. The van der Waals surface area contributed by atoms with Crippen molar-refractivity contribution in [2.45, 2.75) is 26.3 Å². The number of hydrogen-bond donors (Lipinski definition) is 3. The molecule has 0 amide bonds. The Morgan fingerprint density at radius 3 is 2.38 bits per heavy atom. The highest BCUT2D eigenvalue weighted by Gasteiger charge is 2.06. The fraction of sp³-hybridized carbons (Fsp3) is 0.235. The number of aromatic carboxylic acids is 1. The van der Waals surface area contributed by atoms with Crippen molar-refractivity contribution in [2.75, 3.05) is 11.1 Å². The van der Waals surface area contributed by atoms with E-state index in [1.165, 1.54) is 11.6 Å². The summed E-state index contributed by atoms with van der Waals surface area (Å²) in [6.45, 7) is 4.98. The standard InChI is InChI=1S/C17H20N2O2/c1-11(2)13-5-3-12(4-6-13)10-19-16-8-7-14(17(20)21)9-15(16)18/h3-9,11,19H,10,18H2,1-2H3,(H,20,21). The number of carbonyl (C=O) groups is 1. The molecule has 0 aliphatic carbocycles. The zero-order chi connectivity index (χ0) is 15.4. The first-order valence-electron chi connectivity index (χ1n) is 6.93. The molecule has 0 unspecified atom stereocenters. The molecule has 0 spiro atoms. The van der Waals surface area contributed by atoms with Crippen LogP contribution in [0.3, 0.4) is 0 Å². The van der Waals surface area contributed by atoms with Gasteiger partial charge >= 0.3 is 5.97 Å². The van der Waals surface area contributed by atoms with Crippen LogP contribution in [-0.2, 0) is 6.54 Å². The van der Waals surface area contributed by atoms with Crippen LogP contribution in [0.2, 0.25) is 0 Å². The van der Waals surface area contributed by atoms with Gasteiger partial charge in [-0.15, -0.1) is 0 Å². The Morgan fingerprint density at radius 1 is 1.19 bits per heavy atom. The number of nitrogens with two attached hydrogens (primary N) is 1. The number of nitrogens with one attached hydrogen (secondary N) is 1. The zero-order valence-electron chi connectivity index (χ0n) is 12.3. The van der Waals surface area contributed by atoms with E-state index in [4.69, 9.17) is 10.8 Å². The number of carboxylic acid groups (broad SMARTS) is 1. The van der Waals surface area contributed by atoms with Crippen LogP contribution < -0.4 is 11.1 Å². The van der Waals surface area contributed by atoms with Crippen LogP contribution in [0, 0.1) is 0 Å². The molecular weight excluding hydrogens is 264 g/mol. The first-order valence-corrected chi connectivity index (χ1v) is 6.93. The monoisotopic (exact) mass is 284 g/mol. The molecule has 2 rings (SSSR count). The Hall–Kier alpha value is -2.49. The van der Waals surface area contributed by atoms with Gasteiger partial charge in [0.25, 0.3) is 0 Å². The van der Waals surface area contributed by atoms with Gasteiger partial charge in [0.15, 0.2) is 0 Å². The van der Waals surface area contributed by atoms with Crippen molar-refractivity contribution in [3.63, 3.8) is 0 Å². The van der Waals surface area contributed by atoms with Gasteiger partial charge in [-0.1, -0.05) is 38.1 Å². The number of nitrogen functional groups attached to an aromatic ring is 1. The van der Waals surface area contributed by atoms with E-state index < -0.39 is 5.97 Å². The minimum absolute atomic E-state index is 0.194. The summed E-state index contributed by atoms with van der Waals surface area (Å²) in [7, 11) is 0. The van der Waals surface area contributed by atoms with E-state index in [1.54, 1.807) is 12.1 Å². The molecule has 4 heteroatoms. The largest absolute Gasteiger partial charge is 0.478 e. The van der Waals surface area contributed by atoms with Crippen LogP contribution in [-0.4, -0.2) is 11.1 Å². The molecule has 0 aromatic heterocycles. The molecule has 4 N–H and O–H groups in total. The van der Waals surface area contributed by atoms with Crippen LogP contribution in [0.1, 0.15) is 41.3 Å². The Kier molecular flexibility index (Phi) is 4.48. The molecular formula is C17H20N2O2. The van der Waals surface area contributed by atoms with E-state index in [1.807, 2.05) is 0 Å². The quantitative estimate of drug-likeness (QED) is 0.732. The smallest absolute Gasteiger partial charge is 0.335 e. The summed E-state index contributed by atoms with van der Waals surface area (Å²) < 4.78 is 0. The van der Waals surface area contributed by atoms with Gasteiger partial charge < -0.3 is 16.2 Å². The first kappa shape index (κ1) is 14.9. The van der Waals surface area contributed by atoms with Gasteiger partial charge in [0.2, 0.25) is 0 Å². The lowest BCUT2D eigenvalue weighted by molar-refractivity contribution is 0.0697. The SMILES string of the molecule is CC(C)c1ccc(CNc2ccc(C(=O)O)cc2N)cc1. The highest BCUT2D eigenvalue weighted by Crippen LogP contribution is 2.21. The maximum Gasteiger partial charge on any atom is 0.335 e. The van der Waals surface area contributed by atoms with Gasteiger partial charge in [-0.05, 0) is 35.2 Å². The molecule has 0 saturated heterocycles. The van der Waals surface area contributed by atoms with Gasteiger partial charge in [0.05, 0.1) is 16.9 Å². The molecule has 2 aromatic rings. The Morgan fingerprint density at radius 2 is 1.86 bits per heavy atom. The second kappa shape index (κ2) is 6.31. The predicted octanol–water partition coefficient (Wildman–Crippen LogP) is 3.70. The van der Waals surface area contributed by atoms with Gasteiger partial charge in [-0.25, -0.2) is 4.79 Å². The molecule has 0 aliphatic rings. The van der Waals surface area contributed by atoms with Gasteiger partial charge in [-0.2, -0.15) is 0 Å². The summed E-state index contributed by atoms with van der Waals surface area (Å²) in [5.41, 5.74) is 9.70. The maximum atomic E-state index is 10.9. The summed E-state index contributed by atoms with van der Waals surface area (Å²) in [6.07, 6.45) is 0. The second-order valence-corrected chi connectivity index (χ2v) is 5.36. The molecule has 110 valence electrons. The summed E-state index contributed by atoms with van der Waals surface area (Å²) in [6, 6.07) is 13.1. The molecule has 2 aromatic carbocycles. The number of benzene rings is 2. The van der Waals surface area contributed by atoms with E-state index >= 15 is 0 Å². The lowest BCUT2D eigenvalue weighted by Gasteiger charge is -2.11. The molecule has 4 nitrogen and oxygen atoms in total. The van der Waals surface area contributed by atoms with Crippen molar-refractivity contribution in [3.05, 3.63) is 59.2 Å². The summed E-state index contributed by atoms with van der Waals surface area (Å²) in [5, 5.41) is 12.1. The average Bonchev–Trinajstić information content (AvgIpc) is 2.46. The molecule has 0 saturated carbocycles. The third-order valence-electron chi connectivity index (χ3n) is 3.43. The maximum absolute atomic E-state index is 10.9. The normalized spacial score (nSPS) is 10.6. The Labute approximate surface area is 124 Å². The topological polar surface area (TPSA) is 75.3 Å². The van der Waals surface area contributed by atoms with Crippen LogP contribution in [0.25, 0.3) is 0 Å². The molecule has 0 fully saturated rings. The molecule has 0 aliphatic heterocycles. The fourth-order valence-corrected chi connectivity index (χ4v) is 2.07. The summed E-state index contributed by atoms with van der Waals surface area (Å²) >= 11 is 0. The lowest BCUT2D eigenvalue weighted by Crippen LogP contribution is -2.04. The average molecular weight is 284 g/mol. The molecule has 21 heavy (non-hydrogen) atoms. The molecule has 0 heterocycles. The first-order chi connectivity index (χ1) is 9.97. The van der Waals surface area contributed by atoms with Crippen molar-refractivity contribution in [1.29, 1.82) is 0 Å². The number of hydrogen-bond acceptors (Lipinski definition) is 3. The van der Waals surface area contributed by atoms with Gasteiger partial charge in [0, 0.05) is 6.54 Å². The van der Waals surface area contributed by atoms with Crippen molar-refractivity contribution < 1.29 is 9.90 Å². The number of carboxylic acids is 1. The van der Waals surface area contributed by atoms with Crippen LogP contribution in [0.4, 0.5) is 11.4 Å². The minimum Gasteiger partial charge on any atom is -0.478 e. The van der Waals surface area contributed by atoms with Gasteiger partial charge in [-0.3, -0.25) is 0 Å². The highest BCUT2D eigenvalue weighted by atomic mass is 16.4. The third-order valence-corrected chi connectivity index (χ3v) is 3.43. The lowest BCUT2D eigenvalue weighted by atomic mass is 10.0. The van der Waals surface area contributed by atoms with E-state index in [0.717, 1.165) is 11.3 Å². The third kappa shape index (κ3) is 3.75. The van der Waals surface area contributed by atoms with E-state index in [9.17, 15) is 4.79 Å². The van der Waals surface area contributed by atoms with Gasteiger partial charge in [0.1, 0.15) is 0 Å².